The van der Waals surface area contributed by atoms with E-state index in [0.717, 1.165) is 31.9 Å². The van der Waals surface area contributed by atoms with Crippen molar-refractivity contribution in [2.24, 2.45) is 5.92 Å². The average Bonchev–Trinajstić information content (AvgIpc) is 2.72. The SMILES string of the molecule is CCNCc1coc(CN(CC(C)C)C(C)C)c1. The van der Waals surface area contributed by atoms with Crippen LogP contribution in [0.3, 0.4) is 0 Å². The zero-order valence-electron chi connectivity index (χ0n) is 12.5. The maximum absolute atomic E-state index is 5.64. The highest BCUT2D eigenvalue weighted by Gasteiger charge is 2.13. The van der Waals surface area contributed by atoms with E-state index in [0.29, 0.717) is 12.0 Å². The topological polar surface area (TPSA) is 28.4 Å². The van der Waals surface area contributed by atoms with Crippen LogP contribution in [-0.2, 0) is 13.1 Å². The quantitative estimate of drug-likeness (QED) is 0.770. The first-order valence-electron chi connectivity index (χ1n) is 7.04. The van der Waals surface area contributed by atoms with Gasteiger partial charge in [-0.2, -0.15) is 0 Å². The molecule has 1 heterocycles. The number of rotatable bonds is 8. The van der Waals surface area contributed by atoms with Gasteiger partial charge >= 0.3 is 0 Å². The second-order valence-electron chi connectivity index (χ2n) is 5.62. The maximum atomic E-state index is 5.64. The van der Waals surface area contributed by atoms with Crippen molar-refractivity contribution in [3.05, 3.63) is 23.7 Å². The van der Waals surface area contributed by atoms with Crippen molar-refractivity contribution in [2.75, 3.05) is 13.1 Å². The molecule has 0 aliphatic heterocycles. The van der Waals surface area contributed by atoms with Crippen LogP contribution in [0.1, 0.15) is 45.9 Å². The third-order valence-electron chi connectivity index (χ3n) is 2.98. The summed E-state index contributed by atoms with van der Waals surface area (Å²) in [5, 5.41) is 3.31. The van der Waals surface area contributed by atoms with E-state index in [2.05, 4.69) is 50.9 Å². The molecule has 104 valence electrons. The van der Waals surface area contributed by atoms with Crippen LogP contribution in [0.5, 0.6) is 0 Å². The first kappa shape index (κ1) is 15.3. The van der Waals surface area contributed by atoms with E-state index in [1.165, 1.54) is 5.56 Å². The average molecular weight is 252 g/mol. The van der Waals surface area contributed by atoms with Crippen LogP contribution in [0, 0.1) is 5.92 Å². The number of hydrogen-bond donors (Lipinski definition) is 1. The standard InChI is InChI=1S/C15H28N2O/c1-6-16-8-14-7-15(18-11-14)10-17(13(4)5)9-12(2)3/h7,11-13,16H,6,8-10H2,1-5H3. The first-order valence-corrected chi connectivity index (χ1v) is 7.04. The van der Waals surface area contributed by atoms with Gasteiger partial charge in [0.05, 0.1) is 12.8 Å². The summed E-state index contributed by atoms with van der Waals surface area (Å²) in [6, 6.07) is 2.72. The molecule has 0 bridgehead atoms. The molecule has 0 amide bonds. The smallest absolute Gasteiger partial charge is 0.118 e. The van der Waals surface area contributed by atoms with Gasteiger partial charge in [0, 0.05) is 24.7 Å². The van der Waals surface area contributed by atoms with E-state index in [4.69, 9.17) is 4.42 Å². The molecule has 3 nitrogen and oxygen atoms in total. The van der Waals surface area contributed by atoms with Crippen LogP contribution in [0.25, 0.3) is 0 Å². The molecule has 18 heavy (non-hydrogen) atoms. The Morgan fingerprint density at radius 1 is 1.28 bits per heavy atom. The van der Waals surface area contributed by atoms with E-state index in [1.807, 2.05) is 6.26 Å². The lowest BCUT2D eigenvalue weighted by molar-refractivity contribution is 0.175. The molecule has 1 aromatic rings. The minimum atomic E-state index is 0.551. The Kier molecular flexibility index (Phi) is 6.44. The van der Waals surface area contributed by atoms with E-state index in [9.17, 15) is 0 Å². The maximum Gasteiger partial charge on any atom is 0.118 e. The van der Waals surface area contributed by atoms with Crippen molar-refractivity contribution in [2.45, 2.75) is 53.8 Å². The first-order chi connectivity index (χ1) is 8.52. The second-order valence-corrected chi connectivity index (χ2v) is 5.62. The summed E-state index contributed by atoms with van der Waals surface area (Å²) >= 11 is 0. The van der Waals surface area contributed by atoms with Crippen molar-refractivity contribution in [3.63, 3.8) is 0 Å². The van der Waals surface area contributed by atoms with Gasteiger partial charge in [0.15, 0.2) is 0 Å². The Balaban J connectivity index is 2.55. The second kappa shape index (κ2) is 7.59. The molecular formula is C15H28N2O. The molecule has 0 spiro atoms. The van der Waals surface area contributed by atoms with Gasteiger partial charge in [0.25, 0.3) is 0 Å². The lowest BCUT2D eigenvalue weighted by Gasteiger charge is -2.27. The van der Waals surface area contributed by atoms with Crippen LogP contribution >= 0.6 is 0 Å². The van der Waals surface area contributed by atoms with E-state index >= 15 is 0 Å². The van der Waals surface area contributed by atoms with Crippen molar-refractivity contribution >= 4 is 0 Å². The van der Waals surface area contributed by atoms with Crippen LogP contribution in [0.15, 0.2) is 16.7 Å². The monoisotopic (exact) mass is 252 g/mol. The number of hydrogen-bond acceptors (Lipinski definition) is 3. The summed E-state index contributed by atoms with van der Waals surface area (Å²) in [4.78, 5) is 2.46. The zero-order chi connectivity index (χ0) is 13.5. The Hall–Kier alpha value is -0.800. The van der Waals surface area contributed by atoms with Crippen LogP contribution < -0.4 is 5.32 Å². The number of furan rings is 1. The van der Waals surface area contributed by atoms with E-state index in [-0.39, 0.29) is 0 Å². The van der Waals surface area contributed by atoms with Gasteiger partial charge in [0.2, 0.25) is 0 Å². The molecule has 0 unspecified atom stereocenters. The van der Waals surface area contributed by atoms with Gasteiger partial charge in [-0.3, -0.25) is 4.90 Å². The molecule has 3 heteroatoms. The molecule has 1 N–H and O–H groups in total. The molecular weight excluding hydrogens is 224 g/mol. The number of nitrogens with zero attached hydrogens (tertiary/aromatic N) is 1. The molecule has 0 saturated heterocycles. The van der Waals surface area contributed by atoms with E-state index < -0.39 is 0 Å². The highest BCUT2D eigenvalue weighted by atomic mass is 16.3. The molecule has 1 rings (SSSR count). The lowest BCUT2D eigenvalue weighted by atomic mass is 10.1. The van der Waals surface area contributed by atoms with Gasteiger partial charge in [-0.05, 0) is 32.4 Å². The van der Waals surface area contributed by atoms with Crippen LogP contribution in [0.4, 0.5) is 0 Å². The minimum Gasteiger partial charge on any atom is -0.468 e. The summed E-state index contributed by atoms with van der Waals surface area (Å²) < 4.78 is 5.64. The summed E-state index contributed by atoms with van der Waals surface area (Å²) in [6.45, 7) is 15.0. The Bertz CT molecular complexity index is 331. The van der Waals surface area contributed by atoms with Gasteiger partial charge in [-0.1, -0.05) is 20.8 Å². The fourth-order valence-electron chi connectivity index (χ4n) is 2.00. The predicted molar refractivity (Wildman–Crippen MR) is 76.5 cm³/mol. The minimum absolute atomic E-state index is 0.551. The van der Waals surface area contributed by atoms with Crippen molar-refractivity contribution in [1.82, 2.24) is 10.2 Å². The zero-order valence-corrected chi connectivity index (χ0v) is 12.5. The molecule has 0 radical (unpaired) electrons. The highest BCUT2D eigenvalue weighted by Crippen LogP contribution is 2.14. The highest BCUT2D eigenvalue weighted by molar-refractivity contribution is 5.12. The predicted octanol–water partition coefficient (Wildman–Crippen LogP) is 3.26. The van der Waals surface area contributed by atoms with Crippen molar-refractivity contribution in [1.29, 1.82) is 0 Å². The Morgan fingerprint density at radius 2 is 2.00 bits per heavy atom. The molecule has 1 aromatic heterocycles. The normalized spacial score (nSPS) is 12.0. The van der Waals surface area contributed by atoms with Gasteiger partial charge < -0.3 is 9.73 Å². The third-order valence-corrected chi connectivity index (χ3v) is 2.98. The largest absolute Gasteiger partial charge is 0.468 e. The molecule has 0 atom stereocenters. The number of nitrogens with one attached hydrogen (secondary N) is 1. The van der Waals surface area contributed by atoms with Gasteiger partial charge in [-0.15, -0.1) is 0 Å². The summed E-state index contributed by atoms with van der Waals surface area (Å²) in [5.74, 6) is 1.75. The third kappa shape index (κ3) is 5.23. The molecule has 0 aliphatic carbocycles. The molecule has 0 aliphatic rings. The summed E-state index contributed by atoms with van der Waals surface area (Å²) in [5.41, 5.74) is 1.24. The van der Waals surface area contributed by atoms with Gasteiger partial charge in [0.1, 0.15) is 5.76 Å². The Labute approximate surface area is 112 Å². The molecule has 0 saturated carbocycles. The fraction of sp³-hybridized carbons (Fsp3) is 0.733. The molecule has 0 aromatic carbocycles. The fourth-order valence-corrected chi connectivity index (χ4v) is 2.00. The van der Waals surface area contributed by atoms with Crippen molar-refractivity contribution in [3.8, 4) is 0 Å². The van der Waals surface area contributed by atoms with Gasteiger partial charge in [-0.25, -0.2) is 0 Å². The lowest BCUT2D eigenvalue weighted by Crippen LogP contribution is -2.33. The van der Waals surface area contributed by atoms with Crippen molar-refractivity contribution < 1.29 is 4.42 Å². The van der Waals surface area contributed by atoms with Crippen LogP contribution in [-0.4, -0.2) is 24.0 Å². The Morgan fingerprint density at radius 3 is 2.56 bits per heavy atom. The van der Waals surface area contributed by atoms with E-state index in [1.54, 1.807) is 0 Å². The molecule has 0 fully saturated rings. The summed E-state index contributed by atoms with van der Waals surface area (Å²) in [6.07, 6.45) is 1.87. The van der Waals surface area contributed by atoms with Crippen LogP contribution in [0.2, 0.25) is 0 Å². The summed E-state index contributed by atoms with van der Waals surface area (Å²) in [7, 11) is 0.